The second-order valence-corrected chi connectivity index (χ2v) is 7.81. The normalized spacial score (nSPS) is 21.0. The van der Waals surface area contributed by atoms with Crippen LogP contribution >= 0.6 is 12.4 Å². The Hall–Kier alpha value is -1.02. The van der Waals surface area contributed by atoms with Gasteiger partial charge in [0.2, 0.25) is 16.8 Å². The van der Waals surface area contributed by atoms with E-state index in [2.05, 4.69) is 5.32 Å². The van der Waals surface area contributed by atoms with Crippen LogP contribution in [0.5, 0.6) is 11.5 Å². The molecule has 0 aromatic heterocycles. The molecule has 0 saturated carbocycles. The van der Waals surface area contributed by atoms with E-state index >= 15 is 0 Å². The van der Waals surface area contributed by atoms with Crippen LogP contribution in [0.4, 0.5) is 0 Å². The van der Waals surface area contributed by atoms with Gasteiger partial charge in [0.25, 0.3) is 0 Å². The Labute approximate surface area is 143 Å². The summed E-state index contributed by atoms with van der Waals surface area (Å²) < 4.78 is 38.2. The van der Waals surface area contributed by atoms with Crippen LogP contribution in [0.15, 0.2) is 17.0 Å². The standard InChI is InChI=1S/C15H22N2O4S.ClH/c1-11-6-13-14(21-10-20-13)7-15(11)22(18,19)17-5-3-4-12(9-17)8-16-2;/h6-7,12,16H,3-5,8-10H2,1-2H3;1H. The summed E-state index contributed by atoms with van der Waals surface area (Å²) >= 11 is 0. The van der Waals surface area contributed by atoms with Crippen LogP contribution < -0.4 is 14.8 Å². The fraction of sp³-hybridized carbons (Fsp3) is 0.600. The molecule has 2 heterocycles. The molecule has 1 unspecified atom stereocenters. The summed E-state index contributed by atoms with van der Waals surface area (Å²) in [6.45, 7) is 3.93. The van der Waals surface area contributed by atoms with E-state index in [4.69, 9.17) is 9.47 Å². The summed E-state index contributed by atoms with van der Waals surface area (Å²) in [6, 6.07) is 3.33. The minimum absolute atomic E-state index is 0. The number of nitrogens with one attached hydrogen (secondary N) is 1. The molecule has 1 fully saturated rings. The first kappa shape index (κ1) is 18.3. The Balaban J connectivity index is 0.00000192. The highest BCUT2D eigenvalue weighted by Gasteiger charge is 2.32. The Morgan fingerprint density at radius 1 is 1.30 bits per heavy atom. The summed E-state index contributed by atoms with van der Waals surface area (Å²) in [7, 11) is -1.60. The van der Waals surface area contributed by atoms with Gasteiger partial charge < -0.3 is 14.8 Å². The number of nitrogens with zero attached hydrogens (tertiary/aromatic N) is 1. The second-order valence-electron chi connectivity index (χ2n) is 5.90. The number of piperidine rings is 1. The van der Waals surface area contributed by atoms with Crippen molar-refractivity contribution in [3.63, 3.8) is 0 Å². The van der Waals surface area contributed by atoms with E-state index in [1.807, 2.05) is 7.05 Å². The van der Waals surface area contributed by atoms with Crippen molar-refractivity contribution in [2.24, 2.45) is 5.92 Å². The molecule has 2 aliphatic rings. The predicted molar refractivity (Wildman–Crippen MR) is 90.0 cm³/mol. The molecule has 1 aromatic rings. The zero-order valence-corrected chi connectivity index (χ0v) is 15.0. The van der Waals surface area contributed by atoms with Crippen molar-refractivity contribution >= 4 is 22.4 Å². The van der Waals surface area contributed by atoms with Crippen LogP contribution in [0.1, 0.15) is 18.4 Å². The Morgan fingerprint density at radius 3 is 2.70 bits per heavy atom. The average Bonchev–Trinajstić information content (AvgIpc) is 2.94. The van der Waals surface area contributed by atoms with Gasteiger partial charge in [0.1, 0.15) is 0 Å². The zero-order chi connectivity index (χ0) is 15.7. The molecule has 3 rings (SSSR count). The van der Waals surface area contributed by atoms with E-state index in [1.54, 1.807) is 23.4 Å². The molecule has 6 nitrogen and oxygen atoms in total. The number of sulfonamides is 1. The maximum Gasteiger partial charge on any atom is 0.243 e. The first-order valence-corrected chi connectivity index (χ1v) is 9.01. The van der Waals surface area contributed by atoms with Gasteiger partial charge in [-0.2, -0.15) is 4.31 Å². The Kier molecular flexibility index (Phi) is 5.78. The fourth-order valence-corrected chi connectivity index (χ4v) is 4.92. The summed E-state index contributed by atoms with van der Waals surface area (Å²) in [6.07, 6.45) is 1.96. The lowest BCUT2D eigenvalue weighted by atomic mass is 10.00. The first-order valence-electron chi connectivity index (χ1n) is 7.57. The van der Waals surface area contributed by atoms with Gasteiger partial charge in [-0.25, -0.2) is 8.42 Å². The van der Waals surface area contributed by atoms with Crippen molar-refractivity contribution in [3.8, 4) is 11.5 Å². The largest absolute Gasteiger partial charge is 0.454 e. The third-order valence-electron chi connectivity index (χ3n) is 4.26. The van der Waals surface area contributed by atoms with Gasteiger partial charge in [-0.05, 0) is 50.9 Å². The minimum Gasteiger partial charge on any atom is -0.454 e. The molecule has 1 saturated heterocycles. The van der Waals surface area contributed by atoms with Crippen LogP contribution in [0, 0.1) is 12.8 Å². The molecule has 1 N–H and O–H groups in total. The third kappa shape index (κ3) is 3.57. The SMILES string of the molecule is CNCC1CCCN(S(=O)(=O)c2cc3c(cc2C)OCO3)C1.Cl. The van der Waals surface area contributed by atoms with E-state index in [-0.39, 0.29) is 19.2 Å². The van der Waals surface area contributed by atoms with E-state index in [9.17, 15) is 8.42 Å². The Morgan fingerprint density at radius 2 is 2.00 bits per heavy atom. The second kappa shape index (κ2) is 7.25. The maximum atomic E-state index is 13.0. The lowest BCUT2D eigenvalue weighted by Gasteiger charge is -2.32. The van der Waals surface area contributed by atoms with Gasteiger partial charge >= 0.3 is 0 Å². The van der Waals surface area contributed by atoms with Crippen molar-refractivity contribution in [1.82, 2.24) is 9.62 Å². The molecular formula is C15H23ClN2O4S. The van der Waals surface area contributed by atoms with Crippen molar-refractivity contribution in [3.05, 3.63) is 17.7 Å². The van der Waals surface area contributed by atoms with E-state index in [1.165, 1.54) is 0 Å². The highest BCUT2D eigenvalue weighted by atomic mass is 35.5. The number of benzene rings is 1. The maximum absolute atomic E-state index is 13.0. The van der Waals surface area contributed by atoms with Crippen molar-refractivity contribution in [2.45, 2.75) is 24.7 Å². The summed E-state index contributed by atoms with van der Waals surface area (Å²) in [5.74, 6) is 1.49. The molecule has 8 heteroatoms. The zero-order valence-electron chi connectivity index (χ0n) is 13.4. The van der Waals surface area contributed by atoms with Crippen molar-refractivity contribution in [2.75, 3.05) is 33.5 Å². The summed E-state index contributed by atoms with van der Waals surface area (Å²) in [5, 5.41) is 3.14. The van der Waals surface area contributed by atoms with Gasteiger partial charge in [0.05, 0.1) is 4.90 Å². The average molecular weight is 363 g/mol. The number of ether oxygens (including phenoxy) is 2. The summed E-state index contributed by atoms with van der Waals surface area (Å²) in [4.78, 5) is 0.321. The van der Waals surface area contributed by atoms with Crippen LogP contribution in [-0.2, 0) is 10.0 Å². The van der Waals surface area contributed by atoms with Gasteiger partial charge in [0, 0.05) is 19.2 Å². The molecule has 0 radical (unpaired) electrons. The smallest absolute Gasteiger partial charge is 0.243 e. The topological polar surface area (TPSA) is 67.9 Å². The first-order chi connectivity index (χ1) is 10.5. The van der Waals surface area contributed by atoms with Gasteiger partial charge in [-0.1, -0.05) is 0 Å². The molecular weight excluding hydrogens is 340 g/mol. The van der Waals surface area contributed by atoms with Gasteiger partial charge in [-0.15, -0.1) is 12.4 Å². The van der Waals surface area contributed by atoms with Crippen molar-refractivity contribution < 1.29 is 17.9 Å². The number of fused-ring (bicyclic) bond motifs is 1. The number of rotatable bonds is 4. The molecule has 0 bridgehead atoms. The minimum atomic E-state index is -3.50. The van der Waals surface area contributed by atoms with E-state index < -0.39 is 10.0 Å². The monoisotopic (exact) mass is 362 g/mol. The number of hydrogen-bond donors (Lipinski definition) is 1. The molecule has 0 spiro atoms. The highest BCUT2D eigenvalue weighted by Crippen LogP contribution is 2.37. The van der Waals surface area contributed by atoms with Crippen LogP contribution in [0.3, 0.4) is 0 Å². The molecule has 23 heavy (non-hydrogen) atoms. The molecule has 130 valence electrons. The van der Waals surface area contributed by atoms with E-state index in [0.29, 0.717) is 41.0 Å². The van der Waals surface area contributed by atoms with Crippen LogP contribution in [0.2, 0.25) is 0 Å². The lowest BCUT2D eigenvalue weighted by molar-refractivity contribution is 0.174. The van der Waals surface area contributed by atoms with Crippen molar-refractivity contribution in [1.29, 1.82) is 0 Å². The van der Waals surface area contributed by atoms with Crippen LogP contribution in [-0.4, -0.2) is 46.2 Å². The van der Waals surface area contributed by atoms with Gasteiger partial charge in [0.15, 0.2) is 11.5 Å². The number of hydrogen-bond acceptors (Lipinski definition) is 5. The van der Waals surface area contributed by atoms with Gasteiger partial charge in [-0.3, -0.25) is 0 Å². The molecule has 1 aromatic carbocycles. The Bertz CT molecular complexity index is 664. The molecule has 0 amide bonds. The van der Waals surface area contributed by atoms with E-state index in [0.717, 1.165) is 19.4 Å². The molecule has 0 aliphatic carbocycles. The summed E-state index contributed by atoms with van der Waals surface area (Å²) in [5.41, 5.74) is 0.694. The quantitative estimate of drug-likeness (QED) is 0.884. The number of aryl methyl sites for hydroxylation is 1. The molecule has 1 atom stereocenters. The van der Waals surface area contributed by atoms with Crippen LogP contribution in [0.25, 0.3) is 0 Å². The lowest BCUT2D eigenvalue weighted by Crippen LogP contribution is -2.42. The third-order valence-corrected chi connectivity index (χ3v) is 6.27. The molecule has 2 aliphatic heterocycles. The fourth-order valence-electron chi connectivity index (χ4n) is 3.14. The predicted octanol–water partition coefficient (Wildman–Crippen LogP) is 1.77. The highest BCUT2D eigenvalue weighted by molar-refractivity contribution is 7.89. The number of halogens is 1.